The van der Waals surface area contributed by atoms with Gasteiger partial charge in [-0.15, -0.1) is 0 Å². The van der Waals surface area contributed by atoms with Crippen LogP contribution in [0.5, 0.6) is 0 Å². The van der Waals surface area contributed by atoms with Gasteiger partial charge in [0, 0.05) is 6.07 Å². The summed E-state index contributed by atoms with van der Waals surface area (Å²) in [6, 6.07) is 19.1. The predicted molar refractivity (Wildman–Crippen MR) is 101 cm³/mol. The van der Waals surface area contributed by atoms with Crippen LogP contribution in [0.1, 0.15) is 16.6 Å². The van der Waals surface area contributed by atoms with E-state index in [1.807, 2.05) is 54.6 Å². The average molecular weight is 364 g/mol. The number of nitrogens with zero attached hydrogens (tertiary/aromatic N) is 2. The fourth-order valence-electron chi connectivity index (χ4n) is 2.61. The largest absolute Gasteiger partial charge is 0.360 e. The van der Waals surface area contributed by atoms with Crippen LogP contribution in [-0.2, 0) is 4.79 Å². The Hall–Kier alpha value is -3.06. The van der Waals surface area contributed by atoms with Crippen LogP contribution in [0, 0.1) is 6.92 Å². The van der Waals surface area contributed by atoms with Crippen molar-refractivity contribution in [3.8, 4) is 0 Å². The normalized spacial score (nSPS) is 12.2. The molecule has 6 nitrogen and oxygen atoms in total. The topological polar surface area (TPSA) is 83.8 Å². The number of hydrogen-bond donors (Lipinski definition) is 2. The molecule has 0 aliphatic rings. The number of aromatic amines is 1. The van der Waals surface area contributed by atoms with E-state index in [4.69, 9.17) is 4.52 Å². The Balaban J connectivity index is 1.63. The molecule has 0 spiro atoms. The lowest BCUT2D eigenvalue weighted by atomic mass is 10.1. The number of fused-ring (bicyclic) bond motifs is 1. The molecule has 1 atom stereocenters. The van der Waals surface area contributed by atoms with Gasteiger partial charge in [0.1, 0.15) is 11.0 Å². The van der Waals surface area contributed by atoms with Crippen molar-refractivity contribution in [2.24, 2.45) is 0 Å². The number of thioether (sulfide) groups is 1. The van der Waals surface area contributed by atoms with Crippen LogP contribution in [0.2, 0.25) is 0 Å². The number of carbonyl (C=O) groups excluding carboxylic acids is 1. The Morgan fingerprint density at radius 3 is 2.65 bits per heavy atom. The molecule has 0 unspecified atom stereocenters. The molecular formula is C19H16N4O2S. The summed E-state index contributed by atoms with van der Waals surface area (Å²) in [5.41, 5.74) is 2.69. The zero-order valence-electron chi connectivity index (χ0n) is 14.0. The third kappa shape index (κ3) is 3.48. The van der Waals surface area contributed by atoms with E-state index in [-0.39, 0.29) is 5.91 Å². The molecule has 0 saturated carbocycles. The fourth-order valence-corrected chi connectivity index (χ4v) is 3.62. The molecule has 2 N–H and O–H groups in total. The molecule has 2 aromatic carbocycles. The van der Waals surface area contributed by atoms with Gasteiger partial charge in [-0.1, -0.05) is 59.4 Å². The van der Waals surface area contributed by atoms with Crippen LogP contribution in [0.25, 0.3) is 11.0 Å². The first kappa shape index (κ1) is 16.4. The number of anilines is 1. The van der Waals surface area contributed by atoms with Gasteiger partial charge in [-0.2, -0.15) is 0 Å². The van der Waals surface area contributed by atoms with Gasteiger partial charge < -0.3 is 14.8 Å². The highest BCUT2D eigenvalue weighted by atomic mass is 32.2. The van der Waals surface area contributed by atoms with E-state index in [9.17, 15) is 4.79 Å². The lowest BCUT2D eigenvalue weighted by molar-refractivity contribution is -0.115. The molecule has 0 saturated heterocycles. The molecule has 0 aliphatic heterocycles. The monoisotopic (exact) mass is 364 g/mol. The smallest absolute Gasteiger partial charge is 0.243 e. The number of para-hydroxylation sites is 2. The fraction of sp³-hybridized carbons (Fsp3) is 0.105. The molecular weight excluding hydrogens is 348 g/mol. The van der Waals surface area contributed by atoms with Crippen molar-refractivity contribution in [3.63, 3.8) is 0 Å². The quantitative estimate of drug-likeness (QED) is 0.515. The summed E-state index contributed by atoms with van der Waals surface area (Å²) >= 11 is 1.36. The van der Waals surface area contributed by atoms with Gasteiger partial charge in [-0.25, -0.2) is 4.98 Å². The van der Waals surface area contributed by atoms with Crippen LogP contribution in [-0.4, -0.2) is 21.0 Å². The average Bonchev–Trinajstić information content (AvgIpc) is 3.25. The number of rotatable bonds is 5. The molecule has 0 aliphatic carbocycles. The Labute approximate surface area is 154 Å². The lowest BCUT2D eigenvalue weighted by Crippen LogP contribution is -2.19. The molecule has 2 heterocycles. The maximum absolute atomic E-state index is 12.9. The van der Waals surface area contributed by atoms with E-state index < -0.39 is 5.25 Å². The van der Waals surface area contributed by atoms with Gasteiger partial charge in [-0.3, -0.25) is 4.79 Å². The number of hydrogen-bond acceptors (Lipinski definition) is 5. The van der Waals surface area contributed by atoms with Crippen LogP contribution in [0.4, 0.5) is 5.82 Å². The van der Waals surface area contributed by atoms with Gasteiger partial charge in [0.15, 0.2) is 11.0 Å². The number of H-pyrrole nitrogens is 1. The van der Waals surface area contributed by atoms with E-state index in [0.29, 0.717) is 16.7 Å². The zero-order chi connectivity index (χ0) is 17.9. The summed E-state index contributed by atoms with van der Waals surface area (Å²) in [5.74, 6) is 0.857. The van der Waals surface area contributed by atoms with Crippen molar-refractivity contribution in [2.75, 3.05) is 5.32 Å². The van der Waals surface area contributed by atoms with Crippen LogP contribution in [0.3, 0.4) is 0 Å². The SMILES string of the molecule is Cc1cc(NC(=O)[C@H](Sc2nc3ccccc3[nH]2)c2ccccc2)no1. The summed E-state index contributed by atoms with van der Waals surface area (Å²) in [5, 5.41) is 6.85. The Kier molecular flexibility index (Phi) is 4.45. The van der Waals surface area contributed by atoms with Crippen molar-refractivity contribution in [3.05, 3.63) is 72.0 Å². The Bertz CT molecular complexity index is 1010. The molecule has 0 fully saturated rings. The van der Waals surface area contributed by atoms with Crippen LogP contribution in [0.15, 0.2) is 70.3 Å². The predicted octanol–water partition coefficient (Wildman–Crippen LogP) is 4.33. The lowest BCUT2D eigenvalue weighted by Gasteiger charge is -2.14. The maximum Gasteiger partial charge on any atom is 0.243 e. The molecule has 2 aromatic heterocycles. The number of aromatic nitrogens is 3. The van der Waals surface area contributed by atoms with Crippen molar-refractivity contribution >= 4 is 34.5 Å². The van der Waals surface area contributed by atoms with E-state index in [2.05, 4.69) is 20.4 Å². The first-order valence-corrected chi connectivity index (χ1v) is 8.97. The second-order valence-corrected chi connectivity index (χ2v) is 6.87. The van der Waals surface area contributed by atoms with E-state index in [1.54, 1.807) is 13.0 Å². The third-order valence-corrected chi connectivity index (χ3v) is 4.96. The van der Waals surface area contributed by atoms with Crippen molar-refractivity contribution in [2.45, 2.75) is 17.3 Å². The van der Waals surface area contributed by atoms with Crippen molar-refractivity contribution in [1.82, 2.24) is 15.1 Å². The summed E-state index contributed by atoms with van der Waals surface area (Å²) in [6.07, 6.45) is 0. The maximum atomic E-state index is 12.9. The third-order valence-electron chi connectivity index (χ3n) is 3.82. The summed E-state index contributed by atoms with van der Waals surface area (Å²) < 4.78 is 5.02. The van der Waals surface area contributed by atoms with Gasteiger partial charge in [0.2, 0.25) is 5.91 Å². The Morgan fingerprint density at radius 2 is 1.92 bits per heavy atom. The van der Waals surface area contributed by atoms with Crippen LogP contribution < -0.4 is 5.32 Å². The molecule has 0 radical (unpaired) electrons. The molecule has 26 heavy (non-hydrogen) atoms. The highest BCUT2D eigenvalue weighted by molar-refractivity contribution is 8.00. The van der Waals surface area contributed by atoms with Gasteiger partial charge in [-0.05, 0) is 24.6 Å². The standard InChI is InChI=1S/C19H16N4O2S/c1-12-11-16(23-25-12)22-18(24)17(13-7-3-2-4-8-13)26-19-20-14-9-5-6-10-15(14)21-19/h2-11,17H,1H3,(H,20,21)(H,22,23,24)/t17-/m1/s1. The van der Waals surface area contributed by atoms with Gasteiger partial charge in [0.05, 0.1) is 11.0 Å². The van der Waals surface area contributed by atoms with Crippen LogP contribution >= 0.6 is 11.8 Å². The summed E-state index contributed by atoms with van der Waals surface area (Å²) in [4.78, 5) is 20.7. The molecule has 7 heteroatoms. The molecule has 0 bridgehead atoms. The van der Waals surface area contributed by atoms with Gasteiger partial charge in [0.25, 0.3) is 0 Å². The summed E-state index contributed by atoms with van der Waals surface area (Å²) in [7, 11) is 0. The first-order valence-electron chi connectivity index (χ1n) is 8.09. The van der Waals surface area contributed by atoms with E-state index in [1.165, 1.54) is 11.8 Å². The number of nitrogens with one attached hydrogen (secondary N) is 2. The minimum Gasteiger partial charge on any atom is -0.360 e. The number of imidazole rings is 1. The highest BCUT2D eigenvalue weighted by Crippen LogP contribution is 2.35. The molecule has 4 aromatic rings. The minimum absolute atomic E-state index is 0.185. The van der Waals surface area contributed by atoms with Gasteiger partial charge >= 0.3 is 0 Å². The van der Waals surface area contributed by atoms with Crippen molar-refractivity contribution < 1.29 is 9.32 Å². The van der Waals surface area contributed by atoms with E-state index >= 15 is 0 Å². The first-order chi connectivity index (χ1) is 12.7. The molecule has 130 valence electrons. The van der Waals surface area contributed by atoms with E-state index in [0.717, 1.165) is 16.6 Å². The minimum atomic E-state index is -0.478. The zero-order valence-corrected chi connectivity index (χ0v) is 14.8. The molecule has 4 rings (SSSR count). The molecule has 1 amide bonds. The number of amides is 1. The highest BCUT2D eigenvalue weighted by Gasteiger charge is 2.24. The van der Waals surface area contributed by atoms with Crippen molar-refractivity contribution in [1.29, 1.82) is 0 Å². The number of aryl methyl sites for hydroxylation is 1. The number of benzene rings is 2. The summed E-state index contributed by atoms with van der Waals surface area (Å²) in [6.45, 7) is 1.78. The Morgan fingerprint density at radius 1 is 1.15 bits per heavy atom. The second-order valence-electron chi connectivity index (χ2n) is 5.78. The number of carbonyl (C=O) groups is 1. The second kappa shape index (κ2) is 7.05.